The maximum Gasteiger partial charge on any atom is 0.261 e. The third kappa shape index (κ3) is 4.42. The molecule has 2 aromatic carbocycles. The van der Waals surface area contributed by atoms with Crippen molar-refractivity contribution in [2.75, 3.05) is 18.2 Å². The third-order valence-corrected chi connectivity index (χ3v) is 7.08. The molecule has 1 aliphatic carbocycles. The van der Waals surface area contributed by atoms with Crippen molar-refractivity contribution in [3.05, 3.63) is 76.5 Å². The topological polar surface area (TPSA) is 111 Å². The number of aromatic amines is 1. The van der Waals surface area contributed by atoms with E-state index in [-0.39, 0.29) is 22.7 Å². The number of aromatic nitrogens is 4. The van der Waals surface area contributed by atoms with Gasteiger partial charge in [0.2, 0.25) is 0 Å². The van der Waals surface area contributed by atoms with Gasteiger partial charge in [0.25, 0.3) is 5.91 Å². The molecule has 0 radical (unpaired) electrons. The van der Waals surface area contributed by atoms with Gasteiger partial charge < -0.3 is 20.8 Å². The van der Waals surface area contributed by atoms with Crippen LogP contribution in [0.5, 0.6) is 5.75 Å². The van der Waals surface area contributed by atoms with E-state index in [1.807, 2.05) is 12.1 Å². The monoisotopic (exact) mass is 508 g/mol. The summed E-state index contributed by atoms with van der Waals surface area (Å²) in [5.74, 6) is 1.20. The highest BCUT2D eigenvalue weighted by molar-refractivity contribution is 6.31. The minimum atomic E-state index is -0.555. The fraction of sp³-hybridized carbons (Fsp3) is 0.269. The van der Waals surface area contributed by atoms with E-state index < -0.39 is 11.7 Å². The molecule has 36 heavy (non-hydrogen) atoms. The van der Waals surface area contributed by atoms with Gasteiger partial charge in [-0.1, -0.05) is 23.7 Å². The number of H-pyrrole nitrogens is 1. The van der Waals surface area contributed by atoms with Gasteiger partial charge in [-0.15, -0.1) is 0 Å². The maximum absolute atomic E-state index is 13.5. The van der Waals surface area contributed by atoms with Crippen molar-refractivity contribution >= 4 is 29.0 Å². The van der Waals surface area contributed by atoms with Crippen LogP contribution in [-0.2, 0) is 7.05 Å². The van der Waals surface area contributed by atoms with E-state index in [4.69, 9.17) is 22.1 Å². The zero-order chi connectivity index (χ0) is 25.4. The van der Waals surface area contributed by atoms with Gasteiger partial charge in [0, 0.05) is 36.6 Å². The molecule has 8 nitrogen and oxygen atoms in total. The smallest absolute Gasteiger partial charge is 0.261 e. The maximum atomic E-state index is 13.5. The molecule has 0 aliphatic heterocycles. The summed E-state index contributed by atoms with van der Waals surface area (Å²) in [5.41, 5.74) is 9.71. The van der Waals surface area contributed by atoms with E-state index in [0.29, 0.717) is 16.9 Å². The van der Waals surface area contributed by atoms with Crippen LogP contribution in [-0.4, -0.2) is 32.8 Å². The Balaban J connectivity index is 1.39. The molecule has 4 N–H and O–H groups in total. The fourth-order valence-electron chi connectivity index (χ4n) is 4.98. The Kier molecular flexibility index (Phi) is 6.40. The van der Waals surface area contributed by atoms with Crippen LogP contribution in [0.1, 0.15) is 52.7 Å². The molecule has 1 saturated carbocycles. The molecule has 0 bridgehead atoms. The molecule has 2 aromatic heterocycles. The number of nitrogens with two attached hydrogens (primary N) is 1. The van der Waals surface area contributed by atoms with Gasteiger partial charge in [0.15, 0.2) is 0 Å². The lowest BCUT2D eigenvalue weighted by Gasteiger charge is -2.16. The zero-order valence-electron chi connectivity index (χ0n) is 19.9. The van der Waals surface area contributed by atoms with Crippen LogP contribution in [0.3, 0.4) is 0 Å². The van der Waals surface area contributed by atoms with E-state index in [1.54, 1.807) is 26.6 Å². The highest BCUT2D eigenvalue weighted by Gasteiger charge is 2.34. The molecule has 4 aromatic rings. The number of carbonyl (C=O) groups excluding carboxylic acids is 1. The number of hydrogen-bond donors (Lipinski definition) is 3. The van der Waals surface area contributed by atoms with Crippen LogP contribution >= 0.6 is 11.6 Å². The van der Waals surface area contributed by atoms with Crippen LogP contribution in [0.15, 0.2) is 48.8 Å². The van der Waals surface area contributed by atoms with Crippen molar-refractivity contribution in [2.24, 2.45) is 7.05 Å². The molecule has 1 fully saturated rings. The lowest BCUT2D eigenvalue weighted by atomic mass is 9.92. The molecule has 1 aliphatic rings. The quantitative estimate of drug-likeness (QED) is 0.318. The molecule has 186 valence electrons. The Labute approximate surface area is 212 Å². The first-order chi connectivity index (χ1) is 17.4. The highest BCUT2D eigenvalue weighted by atomic mass is 35.5. The average molecular weight is 509 g/mol. The van der Waals surface area contributed by atoms with E-state index >= 15 is 0 Å². The number of benzene rings is 2. The normalized spacial score (nSPS) is 17.3. The molecular formula is C26H26ClFN6O2. The first-order valence-electron chi connectivity index (χ1n) is 11.6. The molecule has 1 amide bonds. The summed E-state index contributed by atoms with van der Waals surface area (Å²) in [6.07, 6.45) is 6.08. The van der Waals surface area contributed by atoms with Crippen LogP contribution in [0.4, 0.5) is 15.9 Å². The zero-order valence-corrected chi connectivity index (χ0v) is 20.6. The summed E-state index contributed by atoms with van der Waals surface area (Å²) in [6, 6.07) is 10.1. The molecule has 0 saturated heterocycles. The number of hydrogen-bond acceptors (Lipinski definition) is 5. The van der Waals surface area contributed by atoms with E-state index in [0.717, 1.165) is 42.0 Å². The predicted octanol–water partition coefficient (Wildman–Crippen LogP) is 5.50. The summed E-state index contributed by atoms with van der Waals surface area (Å²) >= 11 is 5.87. The van der Waals surface area contributed by atoms with Crippen LogP contribution in [0, 0.1) is 5.82 Å². The number of rotatable bonds is 6. The highest BCUT2D eigenvalue weighted by Crippen LogP contribution is 2.47. The van der Waals surface area contributed by atoms with Gasteiger partial charge in [0.05, 0.1) is 17.8 Å². The Morgan fingerprint density at radius 3 is 2.78 bits per heavy atom. The Morgan fingerprint density at radius 1 is 1.25 bits per heavy atom. The number of nitrogens with zero attached hydrogens (tertiary/aromatic N) is 3. The number of carbonyl (C=O) groups is 1. The van der Waals surface area contributed by atoms with Gasteiger partial charge in [-0.05, 0) is 55.0 Å². The number of nitrogens with one attached hydrogen (secondary N) is 2. The molecule has 10 heteroatoms. The number of halogens is 2. The first-order valence-corrected chi connectivity index (χ1v) is 12.0. The summed E-state index contributed by atoms with van der Waals surface area (Å²) in [7, 11) is 3.38. The number of anilines is 2. The number of amides is 1. The lowest BCUT2D eigenvalue weighted by Crippen LogP contribution is -2.16. The van der Waals surface area contributed by atoms with Gasteiger partial charge in [-0.25, -0.2) is 9.37 Å². The van der Waals surface area contributed by atoms with Crippen molar-refractivity contribution in [1.82, 2.24) is 19.7 Å². The second kappa shape index (κ2) is 9.66. The number of nitrogen functional groups attached to an aromatic ring is 1. The Morgan fingerprint density at radius 2 is 2.06 bits per heavy atom. The second-order valence-electron chi connectivity index (χ2n) is 8.95. The molecule has 2 heterocycles. The standard InChI is InChI=1S/C26H26ClFN6O2/c1-34-24(29)22(26(35)32-17-6-8-20(28)19(27)13-17)23(33-34)15-4-3-14(11-15)18-7-5-16(12-21(18)36-2)25-30-9-10-31-25/h5-10,12-15H,3-4,11,29H2,1-2H3,(H,30,31)(H,32,35). The lowest BCUT2D eigenvalue weighted by molar-refractivity contribution is 0.102. The van der Waals surface area contributed by atoms with E-state index in [1.165, 1.54) is 22.9 Å². The fourth-order valence-corrected chi connectivity index (χ4v) is 5.16. The van der Waals surface area contributed by atoms with Crippen molar-refractivity contribution in [3.63, 3.8) is 0 Å². The molecular weight excluding hydrogens is 483 g/mol. The first kappa shape index (κ1) is 23.9. The molecule has 0 spiro atoms. The second-order valence-corrected chi connectivity index (χ2v) is 9.36. The van der Waals surface area contributed by atoms with Crippen molar-refractivity contribution in [3.8, 4) is 17.1 Å². The SMILES string of the molecule is COc1cc(-c2ncc[nH]2)ccc1C1CCC(c2nn(C)c(N)c2C(=O)Nc2ccc(F)c(Cl)c2)C1. The van der Waals surface area contributed by atoms with Crippen LogP contribution < -0.4 is 15.8 Å². The summed E-state index contributed by atoms with van der Waals surface area (Å²) < 4.78 is 20.8. The Bertz CT molecular complexity index is 1420. The van der Waals surface area contributed by atoms with Gasteiger partial charge in [0.1, 0.15) is 28.8 Å². The Hall–Kier alpha value is -3.85. The molecule has 5 rings (SSSR count). The average Bonchev–Trinajstić information content (AvgIpc) is 3.62. The summed E-state index contributed by atoms with van der Waals surface area (Å²) in [4.78, 5) is 20.7. The van der Waals surface area contributed by atoms with Crippen LogP contribution in [0.25, 0.3) is 11.4 Å². The van der Waals surface area contributed by atoms with E-state index in [2.05, 4.69) is 26.4 Å². The largest absolute Gasteiger partial charge is 0.496 e. The number of aryl methyl sites for hydroxylation is 1. The number of imidazole rings is 1. The molecule has 2 atom stereocenters. The number of methoxy groups -OCH3 is 1. The third-order valence-electron chi connectivity index (χ3n) is 6.79. The van der Waals surface area contributed by atoms with Crippen molar-refractivity contribution < 1.29 is 13.9 Å². The minimum absolute atomic E-state index is 0.0468. The van der Waals surface area contributed by atoms with Gasteiger partial charge >= 0.3 is 0 Å². The van der Waals surface area contributed by atoms with Crippen molar-refractivity contribution in [2.45, 2.75) is 31.1 Å². The van der Waals surface area contributed by atoms with E-state index in [9.17, 15) is 9.18 Å². The summed E-state index contributed by atoms with van der Waals surface area (Å²) in [5, 5.41) is 7.31. The van der Waals surface area contributed by atoms with Gasteiger partial charge in [-0.3, -0.25) is 9.48 Å². The van der Waals surface area contributed by atoms with Crippen molar-refractivity contribution in [1.29, 1.82) is 0 Å². The summed E-state index contributed by atoms with van der Waals surface area (Å²) in [6.45, 7) is 0. The minimum Gasteiger partial charge on any atom is -0.496 e. The van der Waals surface area contributed by atoms with Gasteiger partial charge in [-0.2, -0.15) is 5.10 Å². The number of ether oxygens (including phenoxy) is 1. The predicted molar refractivity (Wildman–Crippen MR) is 137 cm³/mol. The van der Waals surface area contributed by atoms with Crippen LogP contribution in [0.2, 0.25) is 5.02 Å². The molecule has 2 unspecified atom stereocenters.